The number of aliphatic hydroxyl groups excluding tert-OH is 2. The van der Waals surface area contributed by atoms with Crippen LogP contribution in [0.2, 0.25) is 0 Å². The SMILES string of the molecule is CC1/C(=N/O)C[C@H](O)C[C@@H]1O. The Bertz CT molecular complexity index is 169. The van der Waals surface area contributed by atoms with Crippen molar-refractivity contribution >= 4 is 5.71 Å². The van der Waals surface area contributed by atoms with Crippen LogP contribution in [0.15, 0.2) is 5.16 Å². The van der Waals surface area contributed by atoms with E-state index in [0.717, 1.165) is 0 Å². The summed E-state index contributed by atoms with van der Waals surface area (Å²) in [5.74, 6) is -0.136. The van der Waals surface area contributed by atoms with Crippen LogP contribution < -0.4 is 0 Å². The van der Waals surface area contributed by atoms with Gasteiger partial charge >= 0.3 is 0 Å². The molecule has 64 valence electrons. The van der Waals surface area contributed by atoms with Crippen molar-refractivity contribution in [3.63, 3.8) is 0 Å². The van der Waals surface area contributed by atoms with Crippen LogP contribution in [0.5, 0.6) is 0 Å². The van der Waals surface area contributed by atoms with E-state index < -0.39 is 12.2 Å². The Labute approximate surface area is 65.2 Å². The van der Waals surface area contributed by atoms with Crippen molar-refractivity contribution in [2.24, 2.45) is 11.1 Å². The van der Waals surface area contributed by atoms with Gasteiger partial charge < -0.3 is 15.4 Å². The van der Waals surface area contributed by atoms with Crippen molar-refractivity contribution < 1.29 is 15.4 Å². The third kappa shape index (κ3) is 1.70. The normalized spacial score (nSPS) is 42.8. The first-order valence-electron chi connectivity index (χ1n) is 3.72. The Kier molecular flexibility index (Phi) is 2.46. The standard InChI is InChI=1S/C7H13NO3/c1-4-6(8-11)2-5(9)3-7(4)10/h4-5,7,9-11H,2-3H2,1H3/b8-6+/t4?,5-,7-/m0/s1. The van der Waals surface area contributed by atoms with E-state index in [1.165, 1.54) is 0 Å². The minimum atomic E-state index is -0.579. The van der Waals surface area contributed by atoms with Crippen LogP contribution in [-0.4, -0.2) is 33.3 Å². The highest BCUT2D eigenvalue weighted by Crippen LogP contribution is 2.21. The van der Waals surface area contributed by atoms with Crippen molar-refractivity contribution in [2.45, 2.75) is 32.0 Å². The topological polar surface area (TPSA) is 73.1 Å². The Morgan fingerprint density at radius 1 is 1.45 bits per heavy atom. The maximum Gasteiger partial charge on any atom is 0.0650 e. The summed E-state index contributed by atoms with van der Waals surface area (Å²) in [5, 5.41) is 29.9. The molecule has 0 saturated heterocycles. The smallest absolute Gasteiger partial charge is 0.0650 e. The second-order valence-corrected chi connectivity index (χ2v) is 3.04. The van der Waals surface area contributed by atoms with Gasteiger partial charge in [-0.05, 0) is 0 Å². The van der Waals surface area contributed by atoms with E-state index in [9.17, 15) is 5.11 Å². The molecule has 1 aliphatic carbocycles. The van der Waals surface area contributed by atoms with Crippen LogP contribution in [0.25, 0.3) is 0 Å². The zero-order chi connectivity index (χ0) is 8.43. The number of nitrogens with zero attached hydrogens (tertiary/aromatic N) is 1. The number of hydrogen-bond donors (Lipinski definition) is 3. The van der Waals surface area contributed by atoms with Crippen LogP contribution in [0.1, 0.15) is 19.8 Å². The number of oxime groups is 1. The minimum absolute atomic E-state index is 0.136. The number of hydrogen-bond acceptors (Lipinski definition) is 4. The lowest BCUT2D eigenvalue weighted by Crippen LogP contribution is -2.37. The van der Waals surface area contributed by atoms with Gasteiger partial charge in [0.15, 0.2) is 0 Å². The average Bonchev–Trinajstić information content (AvgIpc) is 1.96. The minimum Gasteiger partial charge on any atom is -0.411 e. The highest BCUT2D eigenvalue weighted by molar-refractivity contribution is 5.87. The summed E-state index contributed by atoms with van der Waals surface area (Å²) in [6, 6.07) is 0. The molecule has 0 heterocycles. The van der Waals surface area contributed by atoms with E-state index in [1.807, 2.05) is 0 Å². The second kappa shape index (κ2) is 3.19. The highest BCUT2D eigenvalue weighted by atomic mass is 16.4. The first kappa shape index (κ1) is 8.49. The lowest BCUT2D eigenvalue weighted by molar-refractivity contribution is 0.0500. The number of rotatable bonds is 0. The summed E-state index contributed by atoms with van der Waals surface area (Å²) in [5.41, 5.74) is 0.483. The van der Waals surface area contributed by atoms with Gasteiger partial charge in [-0.25, -0.2) is 0 Å². The average molecular weight is 159 g/mol. The van der Waals surface area contributed by atoms with Gasteiger partial charge in [-0.15, -0.1) is 0 Å². The molecule has 0 amide bonds. The summed E-state index contributed by atoms with van der Waals surface area (Å²) < 4.78 is 0. The molecule has 0 radical (unpaired) electrons. The molecule has 1 aliphatic rings. The van der Waals surface area contributed by atoms with E-state index in [4.69, 9.17) is 10.3 Å². The number of aliphatic hydroxyl groups is 2. The Morgan fingerprint density at radius 2 is 2.09 bits per heavy atom. The van der Waals surface area contributed by atoms with Crippen molar-refractivity contribution in [2.75, 3.05) is 0 Å². The fourth-order valence-corrected chi connectivity index (χ4v) is 1.35. The predicted octanol–water partition coefficient (Wildman–Crippen LogP) is -0.0317. The zero-order valence-electron chi connectivity index (χ0n) is 6.44. The van der Waals surface area contributed by atoms with Gasteiger partial charge in [0, 0.05) is 18.8 Å². The molecule has 0 spiro atoms. The Balaban J connectivity index is 2.67. The molecule has 0 aromatic carbocycles. The summed E-state index contributed by atoms with van der Waals surface area (Å²) >= 11 is 0. The molecule has 1 rings (SSSR count). The van der Waals surface area contributed by atoms with Crippen LogP contribution in [0.3, 0.4) is 0 Å². The summed E-state index contributed by atoms with van der Waals surface area (Å²) in [6.45, 7) is 1.78. The summed E-state index contributed by atoms with van der Waals surface area (Å²) in [4.78, 5) is 0. The molecule has 4 nitrogen and oxygen atoms in total. The molecule has 1 fully saturated rings. The molecule has 1 saturated carbocycles. The first-order chi connectivity index (χ1) is 5.15. The maximum absolute atomic E-state index is 9.30. The quantitative estimate of drug-likeness (QED) is 0.343. The molecular weight excluding hydrogens is 146 g/mol. The molecule has 3 atom stereocenters. The van der Waals surface area contributed by atoms with Gasteiger partial charge in [-0.3, -0.25) is 0 Å². The monoisotopic (exact) mass is 159 g/mol. The van der Waals surface area contributed by atoms with E-state index >= 15 is 0 Å². The van der Waals surface area contributed by atoms with E-state index in [-0.39, 0.29) is 5.92 Å². The van der Waals surface area contributed by atoms with E-state index in [1.54, 1.807) is 6.92 Å². The van der Waals surface area contributed by atoms with Gasteiger partial charge in [-0.1, -0.05) is 12.1 Å². The molecule has 0 aromatic heterocycles. The highest BCUT2D eigenvalue weighted by Gasteiger charge is 2.30. The van der Waals surface area contributed by atoms with Crippen molar-refractivity contribution in [1.82, 2.24) is 0 Å². The van der Waals surface area contributed by atoms with Gasteiger partial charge in [0.2, 0.25) is 0 Å². The third-order valence-corrected chi connectivity index (χ3v) is 2.19. The van der Waals surface area contributed by atoms with Gasteiger partial charge in [0.1, 0.15) is 0 Å². The predicted molar refractivity (Wildman–Crippen MR) is 39.6 cm³/mol. The second-order valence-electron chi connectivity index (χ2n) is 3.04. The molecule has 1 unspecified atom stereocenters. The molecule has 3 N–H and O–H groups in total. The lowest BCUT2D eigenvalue weighted by atomic mass is 9.84. The van der Waals surface area contributed by atoms with Gasteiger partial charge in [0.25, 0.3) is 0 Å². The van der Waals surface area contributed by atoms with Crippen LogP contribution in [0.4, 0.5) is 0 Å². The van der Waals surface area contributed by atoms with E-state index in [0.29, 0.717) is 18.6 Å². The van der Waals surface area contributed by atoms with Gasteiger partial charge in [-0.2, -0.15) is 0 Å². The molecule has 0 aromatic rings. The molecular formula is C7H13NO3. The van der Waals surface area contributed by atoms with Crippen molar-refractivity contribution in [3.05, 3.63) is 0 Å². The van der Waals surface area contributed by atoms with Crippen LogP contribution in [-0.2, 0) is 0 Å². The fraction of sp³-hybridized carbons (Fsp3) is 0.857. The van der Waals surface area contributed by atoms with Gasteiger partial charge in [0.05, 0.1) is 17.9 Å². The van der Waals surface area contributed by atoms with E-state index in [2.05, 4.69) is 5.16 Å². The summed E-state index contributed by atoms with van der Waals surface area (Å²) in [6.07, 6.45) is -0.397. The van der Waals surface area contributed by atoms with Crippen molar-refractivity contribution in [1.29, 1.82) is 0 Å². The molecule has 0 aliphatic heterocycles. The third-order valence-electron chi connectivity index (χ3n) is 2.19. The Morgan fingerprint density at radius 3 is 2.64 bits per heavy atom. The molecule has 11 heavy (non-hydrogen) atoms. The zero-order valence-corrected chi connectivity index (χ0v) is 6.44. The largest absolute Gasteiger partial charge is 0.411 e. The van der Waals surface area contributed by atoms with Crippen LogP contribution >= 0.6 is 0 Å². The molecule has 0 bridgehead atoms. The lowest BCUT2D eigenvalue weighted by Gasteiger charge is -2.28. The van der Waals surface area contributed by atoms with Crippen LogP contribution in [0, 0.1) is 5.92 Å². The van der Waals surface area contributed by atoms with Crippen molar-refractivity contribution in [3.8, 4) is 0 Å². The summed E-state index contributed by atoms with van der Waals surface area (Å²) in [7, 11) is 0. The molecule has 4 heteroatoms. The first-order valence-corrected chi connectivity index (χ1v) is 3.72. The Hall–Kier alpha value is -0.610. The maximum atomic E-state index is 9.30. The fourth-order valence-electron chi connectivity index (χ4n) is 1.35.